The van der Waals surface area contributed by atoms with E-state index in [-0.39, 0.29) is 48.3 Å². The average Bonchev–Trinajstić information content (AvgIpc) is 3.52. The number of aromatic nitrogens is 1. The van der Waals surface area contributed by atoms with Crippen molar-refractivity contribution in [1.82, 2.24) is 25.2 Å². The van der Waals surface area contributed by atoms with Crippen LogP contribution >= 0.6 is 18.9 Å². The molecule has 3 aliphatic heterocycles. The van der Waals surface area contributed by atoms with E-state index in [0.717, 1.165) is 29.3 Å². The van der Waals surface area contributed by atoms with Crippen LogP contribution in [0.5, 0.6) is 5.75 Å². The van der Waals surface area contributed by atoms with E-state index in [1.165, 1.54) is 29.8 Å². The molecule has 12 nitrogen and oxygen atoms in total. The molecule has 2 aromatic heterocycles. The minimum absolute atomic E-state index is 0.0327. The number of hydrogen-bond acceptors (Lipinski definition) is 9. The van der Waals surface area contributed by atoms with Crippen LogP contribution in [0.25, 0.3) is 10.1 Å². The van der Waals surface area contributed by atoms with Crippen molar-refractivity contribution in [2.75, 3.05) is 19.7 Å². The number of likely N-dealkylation sites (tertiary alicyclic amines) is 1. The van der Waals surface area contributed by atoms with Crippen LogP contribution in [0.2, 0.25) is 0 Å². The molecule has 2 aromatic carbocycles. The zero-order valence-electron chi connectivity index (χ0n) is 32.0. The summed E-state index contributed by atoms with van der Waals surface area (Å²) in [7, 11) is -3.70. The highest BCUT2D eigenvalue weighted by Gasteiger charge is 2.52. The Morgan fingerprint density at radius 3 is 2.60 bits per heavy atom. The number of esters is 1. The van der Waals surface area contributed by atoms with E-state index in [0.29, 0.717) is 65.9 Å². The minimum atomic E-state index is -3.70. The molecule has 1 saturated carbocycles. The summed E-state index contributed by atoms with van der Waals surface area (Å²) in [6.07, 6.45) is 7.24. The molecule has 0 radical (unpaired) electrons. The largest absolute Gasteiger partial charge is 0.465 e. The van der Waals surface area contributed by atoms with Gasteiger partial charge in [0.15, 0.2) is 0 Å². The van der Waals surface area contributed by atoms with Gasteiger partial charge in [0.25, 0.3) is 5.91 Å². The molecule has 8 rings (SSSR count). The van der Waals surface area contributed by atoms with Gasteiger partial charge in [0.05, 0.1) is 17.6 Å². The Kier molecular flexibility index (Phi) is 11.2. The van der Waals surface area contributed by atoms with E-state index >= 15 is 0 Å². The summed E-state index contributed by atoms with van der Waals surface area (Å²) in [5.41, 5.74) is 1.18. The number of halogens is 1. The molecule has 15 heteroatoms. The van der Waals surface area contributed by atoms with Crippen LogP contribution in [0.15, 0.2) is 73.1 Å². The molecule has 1 unspecified atom stereocenters. The topological polar surface area (TPSA) is 147 Å². The highest BCUT2D eigenvalue weighted by atomic mass is 32.1. The SMILES string of the molecule is CCCOC(=O)[C@H](C)NP(=O)(Cc1ccc2sc(C(=O)N[C@H]3C[C@H]4C[C@H]4C[C@H]4CC[C@@H](C(=O)N5CC(c6cnccc6F)C5)N4C3=O)cc2c1)Oc1ccccc1. The van der Waals surface area contributed by atoms with Gasteiger partial charge in [-0.25, -0.2) is 9.48 Å². The van der Waals surface area contributed by atoms with E-state index in [1.807, 2.05) is 31.2 Å². The van der Waals surface area contributed by atoms with Crippen molar-refractivity contribution in [2.45, 2.75) is 88.6 Å². The number of benzene rings is 2. The van der Waals surface area contributed by atoms with Crippen molar-refractivity contribution in [3.05, 3.63) is 94.9 Å². The Morgan fingerprint density at radius 2 is 1.82 bits per heavy atom. The Bertz CT molecular complexity index is 2220. The van der Waals surface area contributed by atoms with Gasteiger partial charge in [-0.1, -0.05) is 31.2 Å². The normalized spacial score (nSPS) is 24.6. The molecule has 1 aliphatic carbocycles. The van der Waals surface area contributed by atoms with Crippen LogP contribution in [0.4, 0.5) is 4.39 Å². The van der Waals surface area contributed by atoms with Crippen molar-refractivity contribution in [3.63, 3.8) is 0 Å². The molecule has 3 amide bonds. The fourth-order valence-corrected chi connectivity index (χ4v) is 11.6. The smallest absolute Gasteiger partial charge is 0.323 e. The van der Waals surface area contributed by atoms with Crippen molar-refractivity contribution in [1.29, 1.82) is 0 Å². The lowest BCUT2D eigenvalue weighted by Crippen LogP contribution is -2.59. The van der Waals surface area contributed by atoms with Crippen LogP contribution in [-0.2, 0) is 29.8 Å². The second kappa shape index (κ2) is 16.3. The first-order valence-electron chi connectivity index (χ1n) is 19.8. The number of amides is 3. The van der Waals surface area contributed by atoms with E-state index in [4.69, 9.17) is 9.26 Å². The third kappa shape index (κ3) is 8.49. The van der Waals surface area contributed by atoms with Crippen molar-refractivity contribution >= 4 is 52.6 Å². The summed E-state index contributed by atoms with van der Waals surface area (Å²) in [6.45, 7) is 4.50. The molecule has 2 N–H and O–H groups in total. The van der Waals surface area contributed by atoms with E-state index < -0.39 is 31.6 Å². The van der Waals surface area contributed by atoms with E-state index in [1.54, 1.807) is 47.1 Å². The maximum absolute atomic E-state index is 14.4. The number of nitrogens with one attached hydrogen (secondary N) is 2. The molecule has 4 aromatic rings. The summed E-state index contributed by atoms with van der Waals surface area (Å²) in [4.78, 5) is 62.6. The lowest BCUT2D eigenvalue weighted by molar-refractivity contribution is -0.149. The second-order valence-corrected chi connectivity index (χ2v) is 19.0. The van der Waals surface area contributed by atoms with Crippen molar-refractivity contribution in [2.24, 2.45) is 11.8 Å². The first-order valence-corrected chi connectivity index (χ1v) is 22.4. The number of rotatable bonds is 13. The first-order chi connectivity index (χ1) is 27.5. The molecule has 5 heterocycles. The van der Waals surface area contributed by atoms with Gasteiger partial charge in [0.2, 0.25) is 11.8 Å². The summed E-state index contributed by atoms with van der Waals surface area (Å²) < 4.78 is 40.8. The van der Waals surface area contributed by atoms with Crippen molar-refractivity contribution in [3.8, 4) is 5.75 Å². The third-order valence-electron chi connectivity index (χ3n) is 11.6. The Balaban J connectivity index is 0.959. The monoisotopic (exact) mass is 815 g/mol. The fraction of sp³-hybridized carbons (Fsp3) is 0.452. The molecular weight excluding hydrogens is 769 g/mol. The van der Waals surface area contributed by atoms with Crippen LogP contribution in [0, 0.1) is 17.7 Å². The van der Waals surface area contributed by atoms with Crippen LogP contribution in [0.1, 0.15) is 79.1 Å². The second-order valence-electron chi connectivity index (χ2n) is 15.8. The molecule has 7 atom stereocenters. The van der Waals surface area contributed by atoms with Gasteiger partial charge in [0.1, 0.15) is 29.7 Å². The minimum Gasteiger partial charge on any atom is -0.465 e. The predicted molar refractivity (Wildman–Crippen MR) is 213 cm³/mol. The van der Waals surface area contributed by atoms with Gasteiger partial charge < -0.3 is 24.4 Å². The number of nitrogens with zero attached hydrogens (tertiary/aromatic N) is 3. The number of ether oxygens (including phenoxy) is 1. The maximum Gasteiger partial charge on any atom is 0.323 e. The van der Waals surface area contributed by atoms with E-state index in [2.05, 4.69) is 15.4 Å². The Morgan fingerprint density at radius 1 is 1.04 bits per heavy atom. The lowest BCUT2D eigenvalue weighted by Gasteiger charge is -2.43. The zero-order chi connectivity index (χ0) is 39.8. The molecule has 4 fully saturated rings. The van der Waals surface area contributed by atoms with Gasteiger partial charge in [-0.05, 0) is 105 Å². The summed E-state index contributed by atoms with van der Waals surface area (Å²) in [6, 6.07) is 15.1. The molecule has 0 spiro atoms. The predicted octanol–water partition coefficient (Wildman–Crippen LogP) is 6.65. The Hall–Kier alpha value is -4.65. The van der Waals surface area contributed by atoms with Gasteiger partial charge >= 0.3 is 13.5 Å². The Labute approximate surface area is 335 Å². The van der Waals surface area contributed by atoms with Gasteiger partial charge in [-0.3, -0.25) is 28.7 Å². The number of carbonyl (C=O) groups is 4. The van der Waals surface area contributed by atoms with Gasteiger partial charge in [-0.15, -0.1) is 11.3 Å². The fourth-order valence-electron chi connectivity index (χ4n) is 8.59. The molecule has 4 aliphatic rings. The summed E-state index contributed by atoms with van der Waals surface area (Å²) >= 11 is 1.30. The van der Waals surface area contributed by atoms with Crippen LogP contribution in [0.3, 0.4) is 0 Å². The zero-order valence-corrected chi connectivity index (χ0v) is 33.7. The third-order valence-corrected chi connectivity index (χ3v) is 14.8. The molecule has 300 valence electrons. The quantitative estimate of drug-likeness (QED) is 0.112. The summed E-state index contributed by atoms with van der Waals surface area (Å²) in [5, 5.41) is 6.72. The van der Waals surface area contributed by atoms with Crippen LogP contribution < -0.4 is 14.9 Å². The van der Waals surface area contributed by atoms with Crippen molar-refractivity contribution < 1.29 is 37.4 Å². The van der Waals surface area contributed by atoms with Crippen LogP contribution in [-0.4, -0.2) is 82.3 Å². The standard InChI is InChI=1S/C42H47FN5O7PS/c1-3-15-54-42(52)25(2)46-56(53,55-32-7-5-4-6-8-32)24-26-9-12-37-29(16-26)20-38(57-37)39(49)45-35-19-28-17-27(28)18-31-10-11-36(48(31)40(35)50)41(51)47-22-30(23-47)33-21-44-14-13-34(33)43/h4-9,12-14,16,20-21,25,27-28,30-31,35-36H,3,10-11,15,17-19,22-24H2,1-2H3,(H,45,49)(H,46,53)/t25-,27-,28+,31+,35-,36-,56?/m0/s1. The number of para-hydroxylation sites is 1. The number of thiophene rings is 1. The van der Waals surface area contributed by atoms with Gasteiger partial charge in [0, 0.05) is 47.7 Å². The number of carbonyl (C=O) groups excluding carboxylic acids is 4. The molecule has 0 bridgehead atoms. The average molecular weight is 816 g/mol. The highest BCUT2D eigenvalue weighted by Crippen LogP contribution is 2.50. The molecular formula is C42H47FN5O7PS. The molecule has 3 saturated heterocycles. The first kappa shape index (κ1) is 39.2. The van der Waals surface area contributed by atoms with Gasteiger partial charge in [-0.2, -0.15) is 0 Å². The maximum atomic E-state index is 14.4. The highest BCUT2D eigenvalue weighted by molar-refractivity contribution is 7.56. The number of pyridine rings is 1. The molecule has 57 heavy (non-hydrogen) atoms. The lowest BCUT2D eigenvalue weighted by atomic mass is 9.91. The van der Waals surface area contributed by atoms with E-state index in [9.17, 15) is 28.1 Å². The summed E-state index contributed by atoms with van der Waals surface area (Å²) in [5.74, 6) is -0.486. The number of fused-ring (bicyclic) bond motifs is 3. The number of hydrogen-bond donors (Lipinski definition) is 2.